The zero-order valence-electron chi connectivity index (χ0n) is 26.5. The average Bonchev–Trinajstić information content (AvgIpc) is 3.58. The van der Waals surface area contributed by atoms with E-state index in [-0.39, 0.29) is 0 Å². The Hall–Kier alpha value is -6.65. The van der Waals surface area contributed by atoms with Crippen molar-refractivity contribution in [2.75, 3.05) is 0 Å². The molecule has 0 fully saturated rings. The van der Waals surface area contributed by atoms with Gasteiger partial charge in [-0.1, -0.05) is 158 Å². The zero-order chi connectivity index (χ0) is 32.6. The molecule has 7 aromatic carbocycles. The lowest BCUT2D eigenvalue weighted by Gasteiger charge is -2.12. The molecule has 2 heterocycles. The summed E-state index contributed by atoms with van der Waals surface area (Å²) in [5, 5.41) is 2.10. The molecular formula is C45H29N3O. The Kier molecular flexibility index (Phi) is 7.10. The van der Waals surface area contributed by atoms with Gasteiger partial charge in [-0.15, -0.1) is 0 Å². The van der Waals surface area contributed by atoms with Crippen molar-refractivity contribution < 1.29 is 4.42 Å². The number of hydrogen-bond donors (Lipinski definition) is 0. The molecule has 0 aliphatic heterocycles. The molecule has 0 spiro atoms. The molecular weight excluding hydrogens is 599 g/mol. The first-order valence-corrected chi connectivity index (χ1v) is 16.4. The number of fused-ring (bicyclic) bond motifs is 3. The third-order valence-electron chi connectivity index (χ3n) is 8.98. The molecule has 0 saturated carbocycles. The fraction of sp³-hybridized carbons (Fsp3) is 0. The smallest absolute Gasteiger partial charge is 0.167 e. The second-order valence-corrected chi connectivity index (χ2v) is 12.0. The molecule has 0 bridgehead atoms. The molecule has 0 atom stereocenters. The minimum absolute atomic E-state index is 0.562. The maximum absolute atomic E-state index is 6.43. The van der Waals surface area contributed by atoms with Crippen LogP contribution in [0.1, 0.15) is 0 Å². The Labute approximate surface area is 284 Å². The van der Waals surface area contributed by atoms with E-state index in [1.54, 1.807) is 0 Å². The Morgan fingerprint density at radius 2 is 0.796 bits per heavy atom. The lowest BCUT2D eigenvalue weighted by molar-refractivity contribution is 0.669. The molecule has 49 heavy (non-hydrogen) atoms. The zero-order valence-corrected chi connectivity index (χ0v) is 26.5. The molecule has 0 aliphatic carbocycles. The molecule has 4 nitrogen and oxygen atoms in total. The highest BCUT2D eigenvalue weighted by atomic mass is 16.3. The monoisotopic (exact) mass is 627 g/mol. The summed E-state index contributed by atoms with van der Waals surface area (Å²) in [6.07, 6.45) is 0. The van der Waals surface area contributed by atoms with Crippen molar-refractivity contribution in [3.8, 4) is 67.5 Å². The van der Waals surface area contributed by atoms with Crippen LogP contribution in [0.5, 0.6) is 0 Å². The van der Waals surface area contributed by atoms with Gasteiger partial charge in [0.1, 0.15) is 11.2 Å². The topological polar surface area (TPSA) is 51.8 Å². The van der Waals surface area contributed by atoms with Crippen LogP contribution in [0, 0.1) is 0 Å². The van der Waals surface area contributed by atoms with E-state index in [2.05, 4.69) is 127 Å². The molecule has 9 aromatic rings. The highest BCUT2D eigenvalue weighted by Crippen LogP contribution is 2.37. The summed E-state index contributed by atoms with van der Waals surface area (Å²) in [6.45, 7) is 0. The minimum atomic E-state index is 0.562. The second kappa shape index (κ2) is 12.2. The maximum Gasteiger partial charge on any atom is 0.167 e. The van der Waals surface area contributed by atoms with Crippen LogP contribution in [-0.2, 0) is 0 Å². The molecule has 230 valence electrons. The number of nitrogens with zero attached hydrogens (tertiary/aromatic N) is 3. The first kappa shape index (κ1) is 28.6. The van der Waals surface area contributed by atoms with Crippen LogP contribution in [0.25, 0.3) is 89.5 Å². The Morgan fingerprint density at radius 3 is 1.55 bits per heavy atom. The van der Waals surface area contributed by atoms with E-state index >= 15 is 0 Å². The van der Waals surface area contributed by atoms with Gasteiger partial charge in [-0.2, -0.15) is 0 Å². The van der Waals surface area contributed by atoms with Crippen LogP contribution in [0.3, 0.4) is 0 Å². The van der Waals surface area contributed by atoms with Crippen molar-refractivity contribution in [2.24, 2.45) is 0 Å². The number of hydrogen-bond acceptors (Lipinski definition) is 4. The molecule has 0 aliphatic rings. The van der Waals surface area contributed by atoms with Gasteiger partial charge in [0.05, 0.1) is 5.56 Å². The van der Waals surface area contributed by atoms with Gasteiger partial charge in [0, 0.05) is 21.9 Å². The second-order valence-electron chi connectivity index (χ2n) is 12.0. The van der Waals surface area contributed by atoms with Gasteiger partial charge in [0.15, 0.2) is 17.5 Å². The standard InChI is InChI=1S/C45H29N3O/c1-3-13-30(14-4-1)34-17-11-18-35(29-34)31-25-27-33(28-26-31)43-46-44(39-21-8-7-19-36(39)32-15-5-2-6-16-32)48-45(47-43)40-23-12-22-38-37-20-9-10-24-41(37)49-42(38)40/h1-29H. The van der Waals surface area contributed by atoms with Crippen molar-refractivity contribution in [1.29, 1.82) is 0 Å². The average molecular weight is 628 g/mol. The van der Waals surface area contributed by atoms with Crippen molar-refractivity contribution in [1.82, 2.24) is 15.0 Å². The fourth-order valence-corrected chi connectivity index (χ4v) is 6.54. The molecule has 0 radical (unpaired) electrons. The Bertz CT molecular complexity index is 2590. The molecule has 0 saturated heterocycles. The van der Waals surface area contributed by atoms with Gasteiger partial charge in [-0.25, -0.2) is 15.0 Å². The summed E-state index contributed by atoms with van der Waals surface area (Å²) in [6, 6.07) is 60.5. The minimum Gasteiger partial charge on any atom is -0.455 e. The van der Waals surface area contributed by atoms with Crippen LogP contribution in [0.4, 0.5) is 0 Å². The predicted octanol–water partition coefficient (Wildman–Crippen LogP) is 11.8. The summed E-state index contributed by atoms with van der Waals surface area (Å²) >= 11 is 0. The summed E-state index contributed by atoms with van der Waals surface area (Å²) in [5.74, 6) is 1.76. The summed E-state index contributed by atoms with van der Waals surface area (Å²) in [7, 11) is 0. The highest BCUT2D eigenvalue weighted by molar-refractivity contribution is 6.09. The number of furan rings is 1. The van der Waals surface area contributed by atoms with E-state index in [1.807, 2.05) is 48.5 Å². The Morgan fingerprint density at radius 1 is 0.306 bits per heavy atom. The summed E-state index contributed by atoms with van der Waals surface area (Å²) in [4.78, 5) is 15.3. The quantitative estimate of drug-likeness (QED) is 0.184. The first-order valence-electron chi connectivity index (χ1n) is 16.4. The molecule has 0 N–H and O–H groups in total. The molecule has 4 heteroatoms. The van der Waals surface area contributed by atoms with Crippen LogP contribution in [0.15, 0.2) is 180 Å². The molecule has 0 amide bonds. The summed E-state index contributed by atoms with van der Waals surface area (Å²) < 4.78 is 6.43. The van der Waals surface area contributed by atoms with Crippen LogP contribution >= 0.6 is 0 Å². The number of rotatable bonds is 6. The van der Waals surface area contributed by atoms with E-state index in [0.717, 1.165) is 60.9 Å². The van der Waals surface area contributed by atoms with E-state index in [4.69, 9.17) is 19.4 Å². The highest BCUT2D eigenvalue weighted by Gasteiger charge is 2.19. The number of para-hydroxylation sites is 2. The lowest BCUT2D eigenvalue weighted by Crippen LogP contribution is -2.01. The van der Waals surface area contributed by atoms with E-state index in [0.29, 0.717) is 17.5 Å². The van der Waals surface area contributed by atoms with Gasteiger partial charge in [0.2, 0.25) is 0 Å². The maximum atomic E-state index is 6.43. The molecule has 9 rings (SSSR count). The van der Waals surface area contributed by atoms with Crippen molar-refractivity contribution in [3.05, 3.63) is 176 Å². The summed E-state index contributed by atoms with van der Waals surface area (Å²) in [5.41, 5.74) is 11.1. The van der Waals surface area contributed by atoms with Crippen LogP contribution < -0.4 is 0 Å². The largest absolute Gasteiger partial charge is 0.455 e. The SMILES string of the molecule is c1ccc(-c2cccc(-c3ccc(-c4nc(-c5ccccc5-c5ccccc5)nc(-c5cccc6c5oc5ccccc56)n4)cc3)c2)cc1. The number of aromatic nitrogens is 3. The first-order chi connectivity index (χ1) is 24.3. The molecule has 0 unspecified atom stereocenters. The van der Waals surface area contributed by atoms with E-state index in [9.17, 15) is 0 Å². The van der Waals surface area contributed by atoms with Gasteiger partial charge in [-0.3, -0.25) is 0 Å². The Balaban J connectivity index is 1.19. The third kappa shape index (κ3) is 5.35. The molecule has 2 aromatic heterocycles. The van der Waals surface area contributed by atoms with Gasteiger partial charge >= 0.3 is 0 Å². The normalized spacial score (nSPS) is 11.3. The number of benzene rings is 7. The van der Waals surface area contributed by atoms with Crippen molar-refractivity contribution >= 4 is 21.9 Å². The van der Waals surface area contributed by atoms with Crippen LogP contribution in [0.2, 0.25) is 0 Å². The fourth-order valence-electron chi connectivity index (χ4n) is 6.54. The van der Waals surface area contributed by atoms with Crippen molar-refractivity contribution in [3.63, 3.8) is 0 Å². The van der Waals surface area contributed by atoms with Crippen LogP contribution in [-0.4, -0.2) is 15.0 Å². The van der Waals surface area contributed by atoms with Crippen molar-refractivity contribution in [2.45, 2.75) is 0 Å². The predicted molar refractivity (Wildman–Crippen MR) is 200 cm³/mol. The van der Waals surface area contributed by atoms with Gasteiger partial charge in [0.25, 0.3) is 0 Å². The van der Waals surface area contributed by atoms with Gasteiger partial charge < -0.3 is 4.42 Å². The lowest BCUT2D eigenvalue weighted by atomic mass is 9.98. The third-order valence-corrected chi connectivity index (χ3v) is 8.98. The van der Waals surface area contributed by atoms with Gasteiger partial charge in [-0.05, 0) is 51.6 Å². The van der Waals surface area contributed by atoms with E-state index in [1.165, 1.54) is 11.1 Å². The van der Waals surface area contributed by atoms with E-state index < -0.39 is 0 Å².